The Morgan fingerprint density at radius 1 is 1.35 bits per heavy atom. The van der Waals surface area contributed by atoms with Gasteiger partial charge in [0.25, 0.3) is 0 Å². The quantitative estimate of drug-likeness (QED) is 0.929. The molecule has 0 bridgehead atoms. The van der Waals surface area contributed by atoms with Gasteiger partial charge in [-0.3, -0.25) is 4.79 Å². The summed E-state index contributed by atoms with van der Waals surface area (Å²) in [5, 5.41) is 4.06. The summed E-state index contributed by atoms with van der Waals surface area (Å²) in [5.74, 6) is 0.896. The second kappa shape index (κ2) is 5.74. The van der Waals surface area contributed by atoms with Gasteiger partial charge in [0, 0.05) is 30.1 Å². The fourth-order valence-electron chi connectivity index (χ4n) is 3.20. The summed E-state index contributed by atoms with van der Waals surface area (Å²) < 4.78 is 0. The topological polar surface area (TPSA) is 32.3 Å². The molecule has 0 spiro atoms. The lowest BCUT2D eigenvalue weighted by Gasteiger charge is -2.32. The van der Waals surface area contributed by atoms with Crippen molar-refractivity contribution in [2.75, 3.05) is 20.1 Å². The highest BCUT2D eigenvalue weighted by Crippen LogP contribution is 2.49. The van der Waals surface area contributed by atoms with Crippen LogP contribution in [0.2, 0.25) is 5.02 Å². The number of rotatable bonds is 3. The molecule has 2 aliphatic rings. The molecule has 2 atom stereocenters. The number of halogens is 1. The maximum atomic E-state index is 12.5. The number of carbonyl (C=O) groups excluding carboxylic acids is 1. The first-order chi connectivity index (χ1) is 9.69. The van der Waals surface area contributed by atoms with Crippen molar-refractivity contribution in [3.63, 3.8) is 0 Å². The van der Waals surface area contributed by atoms with Crippen LogP contribution in [0, 0.1) is 5.92 Å². The molecule has 1 aliphatic carbocycles. The fourth-order valence-corrected chi connectivity index (χ4v) is 3.40. The first kappa shape index (κ1) is 13.9. The Labute approximate surface area is 125 Å². The Morgan fingerprint density at radius 2 is 2.10 bits per heavy atom. The molecule has 1 aliphatic heterocycles. The van der Waals surface area contributed by atoms with E-state index >= 15 is 0 Å². The fraction of sp³-hybridized carbons (Fsp3) is 0.562. The van der Waals surface area contributed by atoms with E-state index in [1.165, 1.54) is 5.56 Å². The van der Waals surface area contributed by atoms with E-state index in [-0.39, 0.29) is 5.92 Å². The number of likely N-dealkylation sites (tertiary alicyclic amines) is 1. The van der Waals surface area contributed by atoms with Gasteiger partial charge in [-0.05, 0) is 49.9 Å². The van der Waals surface area contributed by atoms with E-state index in [1.54, 1.807) is 0 Å². The molecule has 2 unspecified atom stereocenters. The molecule has 1 aromatic rings. The lowest BCUT2D eigenvalue weighted by atomic mass is 10.0. The smallest absolute Gasteiger partial charge is 0.226 e. The average molecular weight is 293 g/mol. The largest absolute Gasteiger partial charge is 0.342 e. The molecular weight excluding hydrogens is 272 g/mol. The van der Waals surface area contributed by atoms with Crippen LogP contribution < -0.4 is 5.32 Å². The molecule has 3 nitrogen and oxygen atoms in total. The first-order valence-corrected chi connectivity index (χ1v) is 7.78. The van der Waals surface area contributed by atoms with Crippen molar-refractivity contribution >= 4 is 17.5 Å². The summed E-state index contributed by atoms with van der Waals surface area (Å²) >= 11 is 6.02. The molecular formula is C16H21ClN2O. The highest BCUT2D eigenvalue weighted by molar-refractivity contribution is 6.30. The molecule has 0 aromatic heterocycles. The summed E-state index contributed by atoms with van der Waals surface area (Å²) in [7, 11) is 2.00. The molecule has 4 heteroatoms. The minimum Gasteiger partial charge on any atom is -0.342 e. The highest BCUT2D eigenvalue weighted by Gasteiger charge is 2.46. The van der Waals surface area contributed by atoms with E-state index in [0.29, 0.717) is 17.9 Å². The van der Waals surface area contributed by atoms with Gasteiger partial charge in [0.15, 0.2) is 0 Å². The number of hydrogen-bond acceptors (Lipinski definition) is 2. The molecule has 3 rings (SSSR count). The third-order valence-corrected chi connectivity index (χ3v) is 4.83. The lowest BCUT2D eigenvalue weighted by Crippen LogP contribution is -2.44. The van der Waals surface area contributed by atoms with Crippen LogP contribution in [0.3, 0.4) is 0 Å². The van der Waals surface area contributed by atoms with Crippen LogP contribution in [-0.4, -0.2) is 37.0 Å². The number of amides is 1. The van der Waals surface area contributed by atoms with E-state index in [9.17, 15) is 4.79 Å². The van der Waals surface area contributed by atoms with Gasteiger partial charge in [0.2, 0.25) is 5.91 Å². The molecule has 1 saturated heterocycles. The van der Waals surface area contributed by atoms with Crippen molar-refractivity contribution < 1.29 is 4.79 Å². The number of carbonyl (C=O) groups is 1. The summed E-state index contributed by atoms with van der Waals surface area (Å²) in [5.41, 5.74) is 1.21. The van der Waals surface area contributed by atoms with Gasteiger partial charge in [0.05, 0.1) is 0 Å². The lowest BCUT2D eigenvalue weighted by molar-refractivity contribution is -0.133. The summed E-state index contributed by atoms with van der Waals surface area (Å²) in [4.78, 5) is 14.5. The number of nitrogens with zero attached hydrogens (tertiary/aromatic N) is 1. The number of nitrogens with one attached hydrogen (secondary N) is 1. The van der Waals surface area contributed by atoms with Gasteiger partial charge in [-0.2, -0.15) is 0 Å². The second-order valence-electron chi connectivity index (χ2n) is 5.89. The Bertz CT molecular complexity index is 497. The van der Waals surface area contributed by atoms with Crippen LogP contribution in [0.25, 0.3) is 0 Å². The summed E-state index contributed by atoms with van der Waals surface area (Å²) in [6.07, 6.45) is 3.11. The number of hydrogen-bond donors (Lipinski definition) is 1. The van der Waals surface area contributed by atoms with E-state index in [0.717, 1.165) is 37.4 Å². The van der Waals surface area contributed by atoms with Gasteiger partial charge in [-0.1, -0.05) is 23.7 Å². The van der Waals surface area contributed by atoms with Crippen LogP contribution in [0.1, 0.15) is 30.7 Å². The Kier molecular flexibility index (Phi) is 3.99. The van der Waals surface area contributed by atoms with Crippen molar-refractivity contribution in [3.05, 3.63) is 34.9 Å². The average Bonchev–Trinajstić information content (AvgIpc) is 3.27. The minimum atomic E-state index is 0.180. The Morgan fingerprint density at radius 3 is 2.75 bits per heavy atom. The normalized spacial score (nSPS) is 26.6. The molecule has 108 valence electrons. The van der Waals surface area contributed by atoms with Crippen molar-refractivity contribution in [1.82, 2.24) is 10.2 Å². The maximum Gasteiger partial charge on any atom is 0.226 e. The highest BCUT2D eigenvalue weighted by atomic mass is 35.5. The van der Waals surface area contributed by atoms with Crippen molar-refractivity contribution in [2.24, 2.45) is 5.92 Å². The zero-order chi connectivity index (χ0) is 14.1. The van der Waals surface area contributed by atoms with E-state index < -0.39 is 0 Å². The second-order valence-corrected chi connectivity index (χ2v) is 6.33. The SMILES string of the molecule is CNC1CCN(C(=O)C2CC2c2cccc(Cl)c2)CC1. The van der Waals surface area contributed by atoms with Crippen molar-refractivity contribution in [2.45, 2.75) is 31.2 Å². The van der Waals surface area contributed by atoms with Crippen LogP contribution in [0.5, 0.6) is 0 Å². The maximum absolute atomic E-state index is 12.5. The Balaban J connectivity index is 1.58. The monoisotopic (exact) mass is 292 g/mol. The standard InChI is InChI=1S/C16H21ClN2O/c1-18-13-5-7-19(8-6-13)16(20)15-10-14(15)11-3-2-4-12(17)9-11/h2-4,9,13-15,18H,5-8,10H2,1H3. The van der Waals surface area contributed by atoms with Gasteiger partial charge in [-0.25, -0.2) is 0 Å². The molecule has 1 N–H and O–H groups in total. The third kappa shape index (κ3) is 2.84. The zero-order valence-corrected chi connectivity index (χ0v) is 12.6. The van der Waals surface area contributed by atoms with Gasteiger partial charge >= 0.3 is 0 Å². The summed E-state index contributed by atoms with van der Waals surface area (Å²) in [6, 6.07) is 8.49. The van der Waals surface area contributed by atoms with Gasteiger partial charge in [-0.15, -0.1) is 0 Å². The van der Waals surface area contributed by atoms with E-state index in [4.69, 9.17) is 11.6 Å². The predicted molar refractivity (Wildman–Crippen MR) is 81.0 cm³/mol. The molecule has 1 amide bonds. The molecule has 1 heterocycles. The van der Waals surface area contributed by atoms with Crippen LogP contribution in [-0.2, 0) is 4.79 Å². The van der Waals surface area contributed by atoms with E-state index in [2.05, 4.69) is 11.4 Å². The van der Waals surface area contributed by atoms with Crippen molar-refractivity contribution in [3.8, 4) is 0 Å². The molecule has 0 radical (unpaired) electrons. The molecule has 2 fully saturated rings. The number of benzene rings is 1. The Hall–Kier alpha value is -1.06. The van der Waals surface area contributed by atoms with Crippen LogP contribution >= 0.6 is 11.6 Å². The number of piperidine rings is 1. The molecule has 1 saturated carbocycles. The van der Waals surface area contributed by atoms with Gasteiger partial charge in [0.1, 0.15) is 0 Å². The third-order valence-electron chi connectivity index (χ3n) is 4.60. The van der Waals surface area contributed by atoms with Crippen molar-refractivity contribution in [1.29, 1.82) is 0 Å². The van der Waals surface area contributed by atoms with Crippen LogP contribution in [0.15, 0.2) is 24.3 Å². The minimum absolute atomic E-state index is 0.180. The molecule has 20 heavy (non-hydrogen) atoms. The van der Waals surface area contributed by atoms with E-state index in [1.807, 2.05) is 30.1 Å². The van der Waals surface area contributed by atoms with Gasteiger partial charge < -0.3 is 10.2 Å². The molecule has 1 aromatic carbocycles. The summed E-state index contributed by atoms with van der Waals surface area (Å²) in [6.45, 7) is 1.78. The zero-order valence-electron chi connectivity index (χ0n) is 11.8. The first-order valence-electron chi connectivity index (χ1n) is 7.40. The van der Waals surface area contributed by atoms with Crippen LogP contribution in [0.4, 0.5) is 0 Å². The predicted octanol–water partition coefficient (Wildman–Crippen LogP) is 2.65.